The van der Waals surface area contributed by atoms with Crippen molar-refractivity contribution in [3.05, 3.63) is 29.6 Å². The lowest BCUT2D eigenvalue weighted by Crippen LogP contribution is -2.45. The number of nitrogens with one attached hydrogen (secondary N) is 1. The maximum absolute atomic E-state index is 11.8. The fourth-order valence-corrected chi connectivity index (χ4v) is 1.64. The zero-order valence-corrected chi connectivity index (χ0v) is 13.1. The maximum atomic E-state index is 11.8. The highest BCUT2D eigenvalue weighted by atomic mass is 16.6. The largest absolute Gasteiger partial charge is 0.467 e. The second-order valence-electron chi connectivity index (χ2n) is 5.73. The maximum Gasteiger partial charge on any atom is 0.408 e. The minimum atomic E-state index is -0.811. The van der Waals surface area contributed by atoms with Gasteiger partial charge in [0.1, 0.15) is 11.6 Å². The Hall–Kier alpha value is -2.11. The molecule has 0 aliphatic heterocycles. The number of ether oxygens (including phenoxy) is 2. The van der Waals surface area contributed by atoms with Gasteiger partial charge in [-0.3, -0.25) is 4.98 Å². The SMILES string of the molecule is COC(=O)C(Cc1ccc(C)nc1)NC(=O)OC(C)(C)C. The van der Waals surface area contributed by atoms with Crippen LogP contribution in [-0.2, 0) is 20.7 Å². The molecule has 0 aliphatic rings. The number of alkyl carbamates (subject to hydrolysis) is 1. The summed E-state index contributed by atoms with van der Waals surface area (Å²) >= 11 is 0. The van der Waals surface area contributed by atoms with Crippen LogP contribution in [0.3, 0.4) is 0 Å². The molecule has 0 saturated carbocycles. The molecule has 1 atom stereocenters. The van der Waals surface area contributed by atoms with Crippen LogP contribution in [0.25, 0.3) is 0 Å². The summed E-state index contributed by atoms with van der Waals surface area (Å²) in [6.45, 7) is 7.14. The van der Waals surface area contributed by atoms with E-state index in [2.05, 4.69) is 10.3 Å². The third-order valence-corrected chi connectivity index (χ3v) is 2.59. The Labute approximate surface area is 124 Å². The van der Waals surface area contributed by atoms with Gasteiger partial charge in [0.15, 0.2) is 0 Å². The van der Waals surface area contributed by atoms with Crippen molar-refractivity contribution < 1.29 is 19.1 Å². The van der Waals surface area contributed by atoms with Gasteiger partial charge in [0.05, 0.1) is 7.11 Å². The summed E-state index contributed by atoms with van der Waals surface area (Å²) in [7, 11) is 1.28. The van der Waals surface area contributed by atoms with Crippen LogP contribution in [0, 0.1) is 6.92 Å². The van der Waals surface area contributed by atoms with Gasteiger partial charge in [0, 0.05) is 18.3 Å². The second-order valence-corrected chi connectivity index (χ2v) is 5.73. The van der Waals surface area contributed by atoms with Crippen LogP contribution in [-0.4, -0.2) is 35.8 Å². The first-order valence-electron chi connectivity index (χ1n) is 6.70. The van der Waals surface area contributed by atoms with Gasteiger partial charge in [-0.25, -0.2) is 9.59 Å². The average molecular weight is 294 g/mol. The van der Waals surface area contributed by atoms with Gasteiger partial charge in [0.2, 0.25) is 0 Å². The lowest BCUT2D eigenvalue weighted by atomic mass is 10.1. The second kappa shape index (κ2) is 7.06. The van der Waals surface area contributed by atoms with E-state index in [-0.39, 0.29) is 0 Å². The summed E-state index contributed by atoms with van der Waals surface area (Å²) in [6.07, 6.45) is 1.30. The van der Waals surface area contributed by atoms with Crippen molar-refractivity contribution in [1.82, 2.24) is 10.3 Å². The molecule has 1 heterocycles. The lowest BCUT2D eigenvalue weighted by Gasteiger charge is -2.22. The number of pyridine rings is 1. The van der Waals surface area contributed by atoms with E-state index in [1.165, 1.54) is 7.11 Å². The number of hydrogen-bond acceptors (Lipinski definition) is 5. The molecule has 0 fully saturated rings. The fourth-order valence-electron chi connectivity index (χ4n) is 1.64. The van der Waals surface area contributed by atoms with E-state index in [9.17, 15) is 9.59 Å². The molecule has 0 aliphatic carbocycles. The third kappa shape index (κ3) is 6.25. The van der Waals surface area contributed by atoms with Crippen molar-refractivity contribution in [2.24, 2.45) is 0 Å². The number of hydrogen-bond donors (Lipinski definition) is 1. The minimum absolute atomic E-state index is 0.291. The molecule has 6 nitrogen and oxygen atoms in total. The highest BCUT2D eigenvalue weighted by molar-refractivity contribution is 5.81. The number of methoxy groups -OCH3 is 1. The van der Waals surface area contributed by atoms with Crippen LogP contribution < -0.4 is 5.32 Å². The molecule has 0 saturated heterocycles. The molecule has 1 aromatic rings. The number of rotatable bonds is 4. The molecular weight excluding hydrogens is 272 g/mol. The number of esters is 1. The van der Waals surface area contributed by atoms with Crippen LogP contribution in [0.2, 0.25) is 0 Å². The van der Waals surface area contributed by atoms with Gasteiger partial charge in [-0.15, -0.1) is 0 Å². The van der Waals surface area contributed by atoms with Crippen molar-refractivity contribution in [1.29, 1.82) is 0 Å². The molecule has 0 bridgehead atoms. The highest BCUT2D eigenvalue weighted by Crippen LogP contribution is 2.09. The van der Waals surface area contributed by atoms with Crippen molar-refractivity contribution in [2.75, 3.05) is 7.11 Å². The molecule has 0 radical (unpaired) electrons. The van der Waals surface area contributed by atoms with Gasteiger partial charge >= 0.3 is 12.1 Å². The molecule has 1 aromatic heterocycles. The Kier molecular flexibility index (Phi) is 5.69. The predicted octanol–water partition coefficient (Wildman–Crippen LogP) is 2.00. The number of carbonyl (C=O) groups is 2. The van der Waals surface area contributed by atoms with Crippen LogP contribution >= 0.6 is 0 Å². The molecule has 21 heavy (non-hydrogen) atoms. The Balaban J connectivity index is 2.74. The molecule has 1 unspecified atom stereocenters. The molecule has 0 aromatic carbocycles. The summed E-state index contributed by atoms with van der Waals surface area (Å²) in [5.41, 5.74) is 1.08. The van der Waals surface area contributed by atoms with E-state index in [4.69, 9.17) is 9.47 Å². The number of nitrogens with zero attached hydrogens (tertiary/aromatic N) is 1. The average Bonchev–Trinajstić information content (AvgIpc) is 2.37. The Morgan fingerprint density at radius 3 is 2.48 bits per heavy atom. The first kappa shape index (κ1) is 16.9. The first-order chi connectivity index (χ1) is 9.71. The van der Waals surface area contributed by atoms with Crippen LogP contribution in [0.15, 0.2) is 18.3 Å². The topological polar surface area (TPSA) is 77.5 Å². The summed E-state index contributed by atoms with van der Waals surface area (Å²) in [4.78, 5) is 27.7. The van der Waals surface area contributed by atoms with E-state index < -0.39 is 23.7 Å². The summed E-state index contributed by atoms with van der Waals surface area (Å²) in [5, 5.41) is 2.52. The van der Waals surface area contributed by atoms with Crippen molar-refractivity contribution in [2.45, 2.75) is 45.8 Å². The smallest absolute Gasteiger partial charge is 0.408 e. The van der Waals surface area contributed by atoms with E-state index >= 15 is 0 Å². The fraction of sp³-hybridized carbons (Fsp3) is 0.533. The summed E-state index contributed by atoms with van der Waals surface area (Å²) in [5.74, 6) is -0.526. The quantitative estimate of drug-likeness (QED) is 0.859. The molecule has 1 rings (SSSR count). The molecular formula is C15H22N2O4. The molecule has 116 valence electrons. The lowest BCUT2D eigenvalue weighted by molar-refractivity contribution is -0.143. The molecule has 0 spiro atoms. The molecule has 1 N–H and O–H groups in total. The Morgan fingerprint density at radius 1 is 1.33 bits per heavy atom. The monoisotopic (exact) mass is 294 g/mol. The molecule has 6 heteroatoms. The Bertz CT molecular complexity index is 491. The summed E-state index contributed by atoms with van der Waals surface area (Å²) in [6, 6.07) is 2.89. The number of carbonyl (C=O) groups excluding carboxylic acids is 2. The van der Waals surface area contributed by atoms with Gasteiger partial charge in [0.25, 0.3) is 0 Å². The molecule has 1 amide bonds. The van der Waals surface area contributed by atoms with Gasteiger partial charge in [-0.05, 0) is 39.3 Å². The highest BCUT2D eigenvalue weighted by Gasteiger charge is 2.25. The van der Waals surface area contributed by atoms with Crippen molar-refractivity contribution in [3.8, 4) is 0 Å². The normalized spacial score (nSPS) is 12.4. The van der Waals surface area contributed by atoms with Gasteiger partial charge in [-0.2, -0.15) is 0 Å². The number of amides is 1. The first-order valence-corrected chi connectivity index (χ1v) is 6.70. The van der Waals surface area contributed by atoms with Gasteiger partial charge < -0.3 is 14.8 Å². The number of aromatic nitrogens is 1. The van der Waals surface area contributed by atoms with Gasteiger partial charge in [-0.1, -0.05) is 6.07 Å². The predicted molar refractivity (Wildman–Crippen MR) is 77.9 cm³/mol. The van der Waals surface area contributed by atoms with Crippen LogP contribution in [0.1, 0.15) is 32.0 Å². The Morgan fingerprint density at radius 2 is 2.00 bits per heavy atom. The standard InChI is InChI=1S/C15H22N2O4/c1-10-6-7-11(9-16-10)8-12(13(18)20-5)17-14(19)21-15(2,3)4/h6-7,9,12H,8H2,1-5H3,(H,17,19). The third-order valence-electron chi connectivity index (χ3n) is 2.59. The van der Waals surface area contributed by atoms with Crippen molar-refractivity contribution >= 4 is 12.1 Å². The minimum Gasteiger partial charge on any atom is -0.467 e. The van der Waals surface area contributed by atoms with Crippen molar-refractivity contribution in [3.63, 3.8) is 0 Å². The van der Waals surface area contributed by atoms with Crippen LogP contribution in [0.5, 0.6) is 0 Å². The number of aryl methyl sites for hydroxylation is 1. The zero-order valence-electron chi connectivity index (χ0n) is 13.1. The van der Waals surface area contributed by atoms with E-state index in [0.29, 0.717) is 6.42 Å². The summed E-state index contributed by atoms with van der Waals surface area (Å²) < 4.78 is 9.86. The van der Waals surface area contributed by atoms with E-state index in [0.717, 1.165) is 11.3 Å². The van der Waals surface area contributed by atoms with Crippen LogP contribution in [0.4, 0.5) is 4.79 Å². The van der Waals surface area contributed by atoms with E-state index in [1.54, 1.807) is 27.0 Å². The van der Waals surface area contributed by atoms with E-state index in [1.807, 2.05) is 19.1 Å². The zero-order chi connectivity index (χ0) is 16.0.